The van der Waals surface area contributed by atoms with E-state index in [0.29, 0.717) is 24.0 Å². The number of allylic oxidation sites excluding steroid dienone is 1. The molecule has 0 bridgehead atoms. The molecule has 53 heavy (non-hydrogen) atoms. The maximum atomic E-state index is 13.7. The molecular formula is C41H54N10O2. The Morgan fingerprint density at radius 2 is 1.79 bits per heavy atom. The van der Waals surface area contributed by atoms with Crippen molar-refractivity contribution in [1.29, 1.82) is 5.41 Å². The number of pyridine rings is 1. The predicted molar refractivity (Wildman–Crippen MR) is 211 cm³/mol. The second-order valence-electron chi connectivity index (χ2n) is 15.7. The third-order valence-corrected chi connectivity index (χ3v) is 10.6. The van der Waals surface area contributed by atoms with Crippen LogP contribution < -0.4 is 30.9 Å². The third kappa shape index (κ3) is 8.82. The molecule has 1 aliphatic carbocycles. The van der Waals surface area contributed by atoms with Gasteiger partial charge in [-0.05, 0) is 80.0 Å². The van der Waals surface area contributed by atoms with E-state index in [4.69, 9.17) is 10.1 Å². The third-order valence-electron chi connectivity index (χ3n) is 10.6. The highest BCUT2D eigenvalue weighted by atomic mass is 16.5. The van der Waals surface area contributed by atoms with Gasteiger partial charge in [-0.15, -0.1) is 10.2 Å². The van der Waals surface area contributed by atoms with Gasteiger partial charge in [0.25, 0.3) is 0 Å². The molecule has 0 unspecified atom stereocenters. The van der Waals surface area contributed by atoms with E-state index in [2.05, 4.69) is 72.5 Å². The number of fused-ring (bicyclic) bond motifs is 2. The highest BCUT2D eigenvalue weighted by molar-refractivity contribution is 5.97. The fraction of sp³-hybridized carbons (Fsp3) is 0.463. The van der Waals surface area contributed by atoms with Gasteiger partial charge in [0.15, 0.2) is 5.65 Å². The number of aromatic nitrogens is 3. The number of nitrogens with one attached hydrogen (secondary N) is 5. The smallest absolute Gasteiger partial charge is 0.320 e. The topological polar surface area (TPSA) is 135 Å². The number of hydrogen-bond acceptors (Lipinski definition) is 9. The van der Waals surface area contributed by atoms with E-state index in [0.717, 1.165) is 92.7 Å². The van der Waals surface area contributed by atoms with Gasteiger partial charge in [-0.1, -0.05) is 57.2 Å². The molecule has 4 aromatic rings. The van der Waals surface area contributed by atoms with Crippen molar-refractivity contribution in [2.24, 2.45) is 5.41 Å². The highest BCUT2D eigenvalue weighted by Crippen LogP contribution is 2.39. The molecule has 7 rings (SSSR count). The summed E-state index contributed by atoms with van der Waals surface area (Å²) in [7, 11) is 0. The number of rotatable bonds is 10. The first kappa shape index (κ1) is 36.4. The maximum absolute atomic E-state index is 13.7. The molecule has 2 saturated heterocycles. The van der Waals surface area contributed by atoms with Crippen LogP contribution >= 0.6 is 0 Å². The normalized spacial score (nSPS) is 21.2. The van der Waals surface area contributed by atoms with Crippen molar-refractivity contribution in [2.45, 2.75) is 84.5 Å². The predicted octanol–water partition coefficient (Wildman–Crippen LogP) is 6.79. The van der Waals surface area contributed by atoms with E-state index in [1.165, 1.54) is 12.0 Å². The minimum absolute atomic E-state index is 0.170. The molecule has 0 radical (unpaired) electrons. The molecule has 280 valence electrons. The first-order valence-electron chi connectivity index (χ1n) is 19.1. The van der Waals surface area contributed by atoms with Crippen LogP contribution in [0, 0.1) is 10.8 Å². The minimum atomic E-state index is -0.390. The van der Waals surface area contributed by atoms with Gasteiger partial charge in [0, 0.05) is 68.2 Å². The molecule has 2 aromatic heterocycles. The number of hydrogen-bond donors (Lipinski definition) is 5. The fourth-order valence-electron chi connectivity index (χ4n) is 7.52. The van der Waals surface area contributed by atoms with Gasteiger partial charge in [0.05, 0.1) is 12.2 Å². The number of amides is 2. The van der Waals surface area contributed by atoms with Crippen molar-refractivity contribution in [1.82, 2.24) is 35.4 Å². The Labute approximate surface area is 312 Å². The monoisotopic (exact) mass is 718 g/mol. The van der Waals surface area contributed by atoms with Crippen LogP contribution in [0.15, 0.2) is 78.8 Å². The van der Waals surface area contributed by atoms with Crippen molar-refractivity contribution in [3.63, 3.8) is 0 Å². The van der Waals surface area contributed by atoms with Gasteiger partial charge in [0.2, 0.25) is 5.95 Å². The quantitative estimate of drug-likeness (QED) is 0.113. The van der Waals surface area contributed by atoms with Crippen LogP contribution in [-0.2, 0) is 6.54 Å². The zero-order chi connectivity index (χ0) is 37.0. The highest BCUT2D eigenvalue weighted by Gasteiger charge is 2.30. The Morgan fingerprint density at radius 1 is 0.981 bits per heavy atom. The van der Waals surface area contributed by atoms with E-state index in [1.807, 2.05) is 67.8 Å². The lowest BCUT2D eigenvalue weighted by molar-refractivity contribution is 0.171. The zero-order valence-electron chi connectivity index (χ0n) is 31.5. The zero-order valence-corrected chi connectivity index (χ0v) is 31.5. The van der Waals surface area contributed by atoms with E-state index in [-0.39, 0.29) is 23.6 Å². The molecule has 12 nitrogen and oxygen atoms in total. The summed E-state index contributed by atoms with van der Waals surface area (Å²) in [6.45, 7) is 14.1. The van der Waals surface area contributed by atoms with Crippen LogP contribution in [0.1, 0.15) is 88.6 Å². The lowest BCUT2D eigenvalue weighted by Gasteiger charge is -2.33. The van der Waals surface area contributed by atoms with Gasteiger partial charge >= 0.3 is 6.03 Å². The minimum Gasteiger partial charge on any atom is -0.484 e. The van der Waals surface area contributed by atoms with Crippen LogP contribution in [0.3, 0.4) is 0 Å². The number of benzene rings is 2. The Balaban J connectivity index is 1.04. The molecular weight excluding hydrogens is 665 g/mol. The van der Waals surface area contributed by atoms with Crippen molar-refractivity contribution < 1.29 is 9.53 Å². The van der Waals surface area contributed by atoms with Crippen molar-refractivity contribution in [3.05, 3.63) is 95.4 Å². The number of ether oxygens (including phenoxy) is 1. The molecule has 3 aliphatic rings. The number of anilines is 2. The van der Waals surface area contributed by atoms with Gasteiger partial charge in [0.1, 0.15) is 17.7 Å². The van der Waals surface area contributed by atoms with E-state index < -0.39 is 0 Å². The second-order valence-corrected chi connectivity index (χ2v) is 15.7. The summed E-state index contributed by atoms with van der Waals surface area (Å²) in [4.78, 5) is 18.5. The molecule has 12 heteroatoms. The summed E-state index contributed by atoms with van der Waals surface area (Å²) < 4.78 is 8.72. The summed E-state index contributed by atoms with van der Waals surface area (Å²) in [6.07, 6.45) is 8.53. The summed E-state index contributed by atoms with van der Waals surface area (Å²) in [6, 6.07) is 20.3. The van der Waals surface area contributed by atoms with Gasteiger partial charge in [-0.25, -0.2) is 4.79 Å². The number of piperidine rings is 1. The van der Waals surface area contributed by atoms with Crippen LogP contribution in [0.2, 0.25) is 0 Å². The summed E-state index contributed by atoms with van der Waals surface area (Å²) in [5.41, 5.74) is 4.96. The van der Waals surface area contributed by atoms with Gasteiger partial charge in [-0.2, -0.15) is 0 Å². The summed E-state index contributed by atoms with van der Waals surface area (Å²) in [5.74, 6) is 2.07. The molecule has 0 spiro atoms. The van der Waals surface area contributed by atoms with Gasteiger partial charge in [-0.3, -0.25) is 14.6 Å². The Bertz CT molecular complexity index is 1940. The lowest BCUT2D eigenvalue weighted by atomic mass is 9.85. The Morgan fingerprint density at radius 3 is 2.58 bits per heavy atom. The molecule has 2 aromatic carbocycles. The Hall–Kier alpha value is -4.94. The van der Waals surface area contributed by atoms with Crippen LogP contribution in [0.5, 0.6) is 5.75 Å². The molecule has 2 fully saturated rings. The number of nitrogens with zero attached hydrogens (tertiary/aromatic N) is 5. The number of carbonyl (C=O) groups is 1. The van der Waals surface area contributed by atoms with Crippen molar-refractivity contribution >= 4 is 29.0 Å². The van der Waals surface area contributed by atoms with E-state index >= 15 is 0 Å². The van der Waals surface area contributed by atoms with Gasteiger partial charge < -0.3 is 31.0 Å². The van der Waals surface area contributed by atoms with Crippen molar-refractivity contribution in [2.75, 3.05) is 42.9 Å². The van der Waals surface area contributed by atoms with Crippen molar-refractivity contribution in [3.8, 4) is 5.75 Å². The molecule has 0 saturated carbocycles. The first-order valence-corrected chi connectivity index (χ1v) is 19.1. The molecule has 5 N–H and O–H groups in total. The van der Waals surface area contributed by atoms with Crippen LogP contribution in [0.25, 0.3) is 5.65 Å². The molecule has 2 aliphatic heterocycles. The average molecular weight is 719 g/mol. The SMILES string of the molecule is C[C@H]1CCCCN1c1nnc2ccc(O[C@@H]3CC[C@H](NC(=O)N/C(=C/C(=N)C(C)(C)C)Nc4cccc(CN5CCNCC5)c4)c4ccccc43)cn12. The molecule has 4 heterocycles. The van der Waals surface area contributed by atoms with Crippen LogP contribution in [0.4, 0.5) is 16.4 Å². The summed E-state index contributed by atoms with van der Waals surface area (Å²) >= 11 is 0. The van der Waals surface area contributed by atoms with Crippen LogP contribution in [-0.4, -0.2) is 70.0 Å². The van der Waals surface area contributed by atoms with E-state index in [1.54, 1.807) is 6.08 Å². The number of urea groups is 1. The number of piperazine rings is 1. The average Bonchev–Trinajstić information content (AvgIpc) is 3.56. The molecule has 3 atom stereocenters. The fourth-order valence-corrected chi connectivity index (χ4v) is 7.52. The number of carbonyl (C=O) groups excluding carboxylic acids is 1. The van der Waals surface area contributed by atoms with E-state index in [9.17, 15) is 4.79 Å². The maximum Gasteiger partial charge on any atom is 0.320 e. The lowest BCUT2D eigenvalue weighted by Crippen LogP contribution is -2.42. The Kier molecular flexibility index (Phi) is 11.0. The molecule has 2 amide bonds. The first-order chi connectivity index (χ1) is 25.6. The summed E-state index contributed by atoms with van der Waals surface area (Å²) in [5, 5.41) is 30.8. The second kappa shape index (κ2) is 16.0. The standard InChI is InChI=1S/C41H54N10O2/c1-28-10-7-8-21-50(28)40-48-47-38-18-15-31(27-51(38)40)53-35-17-16-34(32-13-5-6-14-33(32)35)45-39(52)46-37(25-36(42)41(2,3)4)44-30-12-9-11-29(24-30)26-49-22-19-43-20-23-49/h5-6,9,11-15,18,24-25,27-28,34-35,42-44H,7-8,10,16-17,19-23,26H2,1-4H3,(H2,45,46,52)/b37-25+,42-36?/t28-,34-,35+/m0/s1. The largest absolute Gasteiger partial charge is 0.484 e.